The molecule has 3 aromatic rings. The molecule has 2 nitrogen and oxygen atoms in total. The summed E-state index contributed by atoms with van der Waals surface area (Å²) in [4.78, 5) is 2.95. The summed E-state index contributed by atoms with van der Waals surface area (Å²) in [5.41, 5.74) is 2.13. The van der Waals surface area contributed by atoms with E-state index in [9.17, 15) is 4.39 Å². The predicted molar refractivity (Wildman–Crippen MR) is 81.4 cm³/mol. The molecule has 0 aliphatic heterocycles. The quantitative estimate of drug-likeness (QED) is 0.661. The van der Waals surface area contributed by atoms with Gasteiger partial charge >= 0.3 is 0 Å². The number of aromatic amines is 1. The molecular weight excluding hydrogens is 295 g/mol. The molecule has 0 bridgehead atoms. The number of hydrogen-bond donors (Lipinski definition) is 1. The van der Waals surface area contributed by atoms with Gasteiger partial charge in [0.05, 0.1) is 11.4 Å². The molecule has 0 aliphatic rings. The van der Waals surface area contributed by atoms with Crippen molar-refractivity contribution in [2.75, 3.05) is 0 Å². The molecule has 0 fully saturated rings. The first-order valence-corrected chi connectivity index (χ1v) is 6.77. The van der Waals surface area contributed by atoms with Crippen molar-refractivity contribution in [2.24, 2.45) is 0 Å². The molecule has 1 heterocycles. The summed E-state index contributed by atoms with van der Waals surface area (Å²) in [6, 6.07) is 14.2. The van der Waals surface area contributed by atoms with Crippen molar-refractivity contribution in [3.63, 3.8) is 0 Å². The highest BCUT2D eigenvalue weighted by Gasteiger charge is 2.12. The lowest BCUT2D eigenvalue weighted by Gasteiger charge is -2.09. The predicted octanol–water partition coefficient (Wildman–Crippen LogP) is 4.99. The second-order valence-corrected chi connectivity index (χ2v) is 5.10. The number of hydrogen-bond acceptors (Lipinski definition) is 1. The van der Waals surface area contributed by atoms with Crippen molar-refractivity contribution in [1.82, 2.24) is 9.55 Å². The summed E-state index contributed by atoms with van der Waals surface area (Å²) in [7, 11) is 0. The van der Waals surface area contributed by atoms with Gasteiger partial charge in [-0.05, 0) is 30.4 Å². The Balaban J connectivity index is 2.25. The minimum atomic E-state index is -0.412. The summed E-state index contributed by atoms with van der Waals surface area (Å²) in [6.45, 7) is 0. The highest BCUT2D eigenvalue weighted by atomic mass is 35.5. The lowest BCUT2D eigenvalue weighted by molar-refractivity contribution is 0.618. The third-order valence-corrected chi connectivity index (χ3v) is 3.53. The summed E-state index contributed by atoms with van der Waals surface area (Å²) < 4.78 is 16.2. The van der Waals surface area contributed by atoms with Gasteiger partial charge in [-0.1, -0.05) is 41.9 Å². The lowest BCUT2D eigenvalue weighted by atomic mass is 10.1. The number of benzene rings is 2. The van der Waals surface area contributed by atoms with Gasteiger partial charge in [-0.2, -0.15) is 0 Å². The van der Waals surface area contributed by atoms with Crippen LogP contribution in [0.25, 0.3) is 16.9 Å². The number of imidazole rings is 1. The molecule has 0 unspecified atom stereocenters. The van der Waals surface area contributed by atoms with E-state index in [2.05, 4.69) is 4.98 Å². The van der Waals surface area contributed by atoms with Crippen molar-refractivity contribution < 1.29 is 4.39 Å². The van der Waals surface area contributed by atoms with Crippen LogP contribution in [0, 0.1) is 10.6 Å². The number of halogens is 2. The van der Waals surface area contributed by atoms with Gasteiger partial charge in [0, 0.05) is 16.8 Å². The molecule has 0 radical (unpaired) electrons. The average molecular weight is 305 g/mol. The van der Waals surface area contributed by atoms with Gasteiger partial charge in [-0.25, -0.2) is 4.39 Å². The van der Waals surface area contributed by atoms with Gasteiger partial charge in [-0.15, -0.1) is 0 Å². The van der Waals surface area contributed by atoms with Crippen LogP contribution in [0.5, 0.6) is 0 Å². The van der Waals surface area contributed by atoms with Gasteiger partial charge in [0.1, 0.15) is 5.82 Å². The molecule has 0 amide bonds. The van der Waals surface area contributed by atoms with Crippen LogP contribution in [0.3, 0.4) is 0 Å². The zero-order chi connectivity index (χ0) is 14.1. The van der Waals surface area contributed by atoms with Crippen molar-refractivity contribution in [3.8, 4) is 16.9 Å². The van der Waals surface area contributed by atoms with Gasteiger partial charge < -0.3 is 4.98 Å². The maximum atomic E-state index is 14.1. The maximum Gasteiger partial charge on any atom is 0.182 e. The Hall–Kier alpha value is -1.91. The standard InChI is InChI=1S/C15H10ClFN2S/c16-11-6-7-13(12(17)8-11)19-14(9-18-15(19)20)10-4-2-1-3-5-10/h1-9H,(H,18,20). The molecule has 100 valence electrons. The minimum Gasteiger partial charge on any atom is -0.336 e. The first-order chi connectivity index (χ1) is 9.66. The Kier molecular flexibility index (Phi) is 3.42. The Labute approximate surface area is 125 Å². The highest BCUT2D eigenvalue weighted by molar-refractivity contribution is 7.71. The summed E-state index contributed by atoms with van der Waals surface area (Å²) in [6.07, 6.45) is 1.77. The zero-order valence-corrected chi connectivity index (χ0v) is 11.9. The van der Waals surface area contributed by atoms with Crippen molar-refractivity contribution >= 4 is 23.8 Å². The van der Waals surface area contributed by atoms with E-state index in [0.717, 1.165) is 11.3 Å². The molecular formula is C15H10ClFN2S. The van der Waals surface area contributed by atoms with Crippen LogP contribution < -0.4 is 0 Å². The van der Waals surface area contributed by atoms with Crippen LogP contribution in [0.4, 0.5) is 4.39 Å². The van der Waals surface area contributed by atoms with Crippen molar-refractivity contribution in [3.05, 3.63) is 70.3 Å². The zero-order valence-electron chi connectivity index (χ0n) is 10.3. The molecule has 5 heteroatoms. The van der Waals surface area contributed by atoms with Gasteiger partial charge in [0.15, 0.2) is 4.77 Å². The molecule has 0 aliphatic carbocycles. The number of nitrogens with zero attached hydrogens (tertiary/aromatic N) is 1. The molecule has 3 rings (SSSR count). The molecule has 1 N–H and O–H groups in total. The molecule has 2 aromatic carbocycles. The second-order valence-electron chi connectivity index (χ2n) is 4.28. The third-order valence-electron chi connectivity index (χ3n) is 3.00. The Morgan fingerprint density at radius 2 is 1.85 bits per heavy atom. The lowest BCUT2D eigenvalue weighted by Crippen LogP contribution is -2.00. The number of rotatable bonds is 2. The minimum absolute atomic E-state index is 0.356. The van der Waals surface area contributed by atoms with E-state index in [4.69, 9.17) is 23.8 Å². The second kappa shape index (κ2) is 5.23. The molecule has 1 aromatic heterocycles. The summed E-state index contributed by atoms with van der Waals surface area (Å²) >= 11 is 11.0. The molecule has 0 saturated heterocycles. The third kappa shape index (κ3) is 2.28. The van der Waals surface area contributed by atoms with E-state index in [0.29, 0.717) is 15.5 Å². The van der Waals surface area contributed by atoms with E-state index in [1.165, 1.54) is 6.07 Å². The molecule has 20 heavy (non-hydrogen) atoms. The normalized spacial score (nSPS) is 10.7. The van der Waals surface area contributed by atoms with Gasteiger partial charge in [0.25, 0.3) is 0 Å². The topological polar surface area (TPSA) is 20.7 Å². The van der Waals surface area contributed by atoms with Crippen molar-refractivity contribution in [1.29, 1.82) is 0 Å². The first kappa shape index (κ1) is 13.1. The fourth-order valence-electron chi connectivity index (χ4n) is 2.09. The Morgan fingerprint density at radius 1 is 1.10 bits per heavy atom. The number of H-pyrrole nitrogens is 1. The van der Waals surface area contributed by atoms with Crippen LogP contribution in [-0.4, -0.2) is 9.55 Å². The Morgan fingerprint density at radius 3 is 2.55 bits per heavy atom. The van der Waals surface area contributed by atoms with Crippen LogP contribution in [-0.2, 0) is 0 Å². The summed E-state index contributed by atoms with van der Waals surface area (Å²) in [5, 5.41) is 0.356. The van der Waals surface area contributed by atoms with E-state index >= 15 is 0 Å². The van der Waals surface area contributed by atoms with Gasteiger partial charge in [0.2, 0.25) is 0 Å². The fourth-order valence-corrected chi connectivity index (χ4v) is 2.51. The van der Waals surface area contributed by atoms with Crippen molar-refractivity contribution in [2.45, 2.75) is 0 Å². The Bertz CT molecular complexity index is 808. The maximum absolute atomic E-state index is 14.1. The van der Waals surface area contributed by atoms with Gasteiger partial charge in [-0.3, -0.25) is 4.57 Å². The number of aromatic nitrogens is 2. The molecule has 0 atom stereocenters. The fraction of sp³-hybridized carbons (Fsp3) is 0. The van der Waals surface area contributed by atoms with Crippen LogP contribution in [0.1, 0.15) is 0 Å². The SMILES string of the molecule is Fc1cc(Cl)ccc1-n1c(-c2ccccc2)c[nH]c1=S. The van der Waals surface area contributed by atoms with E-state index < -0.39 is 5.82 Å². The monoisotopic (exact) mass is 304 g/mol. The number of nitrogens with one attached hydrogen (secondary N) is 1. The van der Waals surface area contributed by atoms with E-state index in [-0.39, 0.29) is 0 Å². The smallest absolute Gasteiger partial charge is 0.182 e. The van der Waals surface area contributed by atoms with Crippen LogP contribution in [0.15, 0.2) is 54.7 Å². The summed E-state index contributed by atoms with van der Waals surface area (Å²) in [5.74, 6) is -0.412. The van der Waals surface area contributed by atoms with Crippen LogP contribution >= 0.6 is 23.8 Å². The molecule has 0 spiro atoms. The molecule has 0 saturated carbocycles. The largest absolute Gasteiger partial charge is 0.336 e. The van der Waals surface area contributed by atoms with E-state index in [1.54, 1.807) is 22.9 Å². The average Bonchev–Trinajstić information content (AvgIpc) is 2.82. The highest BCUT2D eigenvalue weighted by Crippen LogP contribution is 2.26. The van der Waals surface area contributed by atoms with E-state index in [1.807, 2.05) is 30.3 Å². The first-order valence-electron chi connectivity index (χ1n) is 5.98. The van der Waals surface area contributed by atoms with Crippen LogP contribution in [0.2, 0.25) is 5.02 Å².